The zero-order valence-electron chi connectivity index (χ0n) is 8.50. The van der Waals surface area contributed by atoms with E-state index >= 15 is 0 Å². The van der Waals surface area contributed by atoms with Crippen molar-refractivity contribution in [3.63, 3.8) is 0 Å². The Labute approximate surface area is 92.7 Å². The van der Waals surface area contributed by atoms with Crippen molar-refractivity contribution in [3.8, 4) is 0 Å². The van der Waals surface area contributed by atoms with Crippen LogP contribution in [0.2, 0.25) is 0 Å². The van der Waals surface area contributed by atoms with E-state index in [4.69, 9.17) is 15.0 Å². The van der Waals surface area contributed by atoms with Gasteiger partial charge in [0.1, 0.15) is 0 Å². The fourth-order valence-electron chi connectivity index (χ4n) is 1.20. The molecule has 0 radical (unpaired) electrons. The minimum atomic E-state index is -3.92. The number of nitrogens with two attached hydrogens (primary N) is 1. The number of rotatable bonds is 4. The summed E-state index contributed by atoms with van der Waals surface area (Å²) in [5.74, 6) is -1.22. The van der Waals surface area contributed by atoms with Gasteiger partial charge in [0.15, 0.2) is 0 Å². The summed E-state index contributed by atoms with van der Waals surface area (Å²) < 4.78 is 27.0. The summed E-state index contributed by atoms with van der Waals surface area (Å²) >= 11 is 0. The van der Waals surface area contributed by atoms with E-state index < -0.39 is 16.0 Å². The van der Waals surface area contributed by atoms with Crippen LogP contribution in [0.1, 0.15) is 15.9 Å². The van der Waals surface area contributed by atoms with Crippen LogP contribution in [0.15, 0.2) is 23.1 Å². The summed E-state index contributed by atoms with van der Waals surface area (Å²) in [5, 5.41) is 13.7. The maximum absolute atomic E-state index is 11.1. The summed E-state index contributed by atoms with van der Waals surface area (Å²) in [6, 6.07) is 3.63. The van der Waals surface area contributed by atoms with E-state index in [9.17, 15) is 13.2 Å². The largest absolute Gasteiger partial charge is 0.478 e. The molecule has 16 heavy (non-hydrogen) atoms. The van der Waals surface area contributed by atoms with Gasteiger partial charge in [0.25, 0.3) is 0 Å². The zero-order chi connectivity index (χ0) is 12.3. The number of hydrogen-bond acceptors (Lipinski definition) is 4. The molecule has 0 spiro atoms. The van der Waals surface area contributed by atoms with Gasteiger partial charge in [-0.15, -0.1) is 0 Å². The first-order valence-electron chi connectivity index (χ1n) is 4.23. The highest BCUT2D eigenvalue weighted by atomic mass is 32.2. The molecule has 88 valence electrons. The molecule has 3 N–H and O–H groups in total. The van der Waals surface area contributed by atoms with E-state index in [1.807, 2.05) is 0 Å². The first kappa shape index (κ1) is 12.6. The fraction of sp³-hybridized carbons (Fsp3) is 0.222. The maximum Gasteiger partial charge on any atom is 0.335 e. The molecule has 0 saturated heterocycles. The van der Waals surface area contributed by atoms with Crippen molar-refractivity contribution in [3.05, 3.63) is 29.3 Å². The van der Waals surface area contributed by atoms with Crippen LogP contribution in [0.4, 0.5) is 0 Å². The van der Waals surface area contributed by atoms with Crippen LogP contribution >= 0.6 is 0 Å². The number of primary sulfonamides is 1. The lowest BCUT2D eigenvalue weighted by Gasteiger charge is -2.05. The van der Waals surface area contributed by atoms with E-state index in [1.165, 1.54) is 19.2 Å². The third-order valence-electron chi connectivity index (χ3n) is 1.85. The molecule has 0 aliphatic rings. The molecule has 7 heteroatoms. The number of aromatic carboxylic acids is 1. The van der Waals surface area contributed by atoms with Crippen molar-refractivity contribution in [1.82, 2.24) is 0 Å². The van der Waals surface area contributed by atoms with Gasteiger partial charge in [-0.2, -0.15) is 0 Å². The van der Waals surface area contributed by atoms with Crippen molar-refractivity contribution < 1.29 is 23.1 Å². The standard InChI is InChI=1S/C9H11NO5S/c1-15-5-6-2-7(9(11)12)4-8(3-6)16(10,13)14/h2-4H,5H2,1H3,(H,11,12)(H2,10,13,14). The van der Waals surface area contributed by atoms with Crippen molar-refractivity contribution >= 4 is 16.0 Å². The zero-order valence-corrected chi connectivity index (χ0v) is 9.32. The molecule has 0 heterocycles. The molecule has 6 nitrogen and oxygen atoms in total. The van der Waals surface area contributed by atoms with Gasteiger partial charge in [-0.1, -0.05) is 0 Å². The monoisotopic (exact) mass is 245 g/mol. The Morgan fingerprint density at radius 2 is 2.06 bits per heavy atom. The van der Waals surface area contributed by atoms with Gasteiger partial charge in [-0.05, 0) is 23.8 Å². The lowest BCUT2D eigenvalue weighted by Crippen LogP contribution is -2.14. The molecule has 0 aliphatic heterocycles. The van der Waals surface area contributed by atoms with E-state index in [-0.39, 0.29) is 17.1 Å². The number of methoxy groups -OCH3 is 1. The molecular formula is C9H11NO5S. The second kappa shape index (κ2) is 4.60. The first-order chi connectivity index (χ1) is 7.34. The van der Waals surface area contributed by atoms with Gasteiger partial charge in [0.2, 0.25) is 10.0 Å². The summed E-state index contributed by atoms with van der Waals surface area (Å²) in [4.78, 5) is 10.5. The average Bonchev–Trinajstić information content (AvgIpc) is 2.16. The lowest BCUT2D eigenvalue weighted by atomic mass is 10.1. The summed E-state index contributed by atoms with van der Waals surface area (Å²) in [6.07, 6.45) is 0. The minimum Gasteiger partial charge on any atom is -0.478 e. The highest BCUT2D eigenvalue weighted by Gasteiger charge is 2.13. The summed E-state index contributed by atoms with van der Waals surface area (Å²) in [6.45, 7) is 0.115. The average molecular weight is 245 g/mol. The van der Waals surface area contributed by atoms with Crippen LogP contribution < -0.4 is 5.14 Å². The van der Waals surface area contributed by atoms with E-state index in [1.54, 1.807) is 0 Å². The Balaban J connectivity index is 3.35. The van der Waals surface area contributed by atoms with Crippen LogP contribution in [-0.4, -0.2) is 26.6 Å². The van der Waals surface area contributed by atoms with E-state index in [2.05, 4.69) is 0 Å². The van der Waals surface area contributed by atoms with Crippen LogP contribution in [0, 0.1) is 0 Å². The van der Waals surface area contributed by atoms with Crippen molar-refractivity contribution in [2.75, 3.05) is 7.11 Å². The quantitative estimate of drug-likeness (QED) is 0.786. The Hall–Kier alpha value is -1.44. The lowest BCUT2D eigenvalue weighted by molar-refractivity contribution is 0.0696. The molecule has 1 aromatic carbocycles. The summed E-state index contributed by atoms with van der Waals surface area (Å²) in [5.41, 5.74) is 0.296. The molecule has 0 atom stereocenters. The molecule has 0 bridgehead atoms. The maximum atomic E-state index is 11.1. The van der Waals surface area contributed by atoms with Gasteiger partial charge < -0.3 is 9.84 Å². The molecule has 1 rings (SSSR count). The molecule has 0 unspecified atom stereocenters. The third kappa shape index (κ3) is 3.02. The van der Waals surface area contributed by atoms with Crippen LogP contribution in [0.5, 0.6) is 0 Å². The Kier molecular flexibility index (Phi) is 3.63. The van der Waals surface area contributed by atoms with Crippen LogP contribution in [0.3, 0.4) is 0 Å². The van der Waals surface area contributed by atoms with E-state index in [0.29, 0.717) is 5.56 Å². The second-order valence-corrected chi connectivity index (χ2v) is 4.71. The molecule has 0 fully saturated rings. The predicted molar refractivity (Wildman–Crippen MR) is 55.5 cm³/mol. The number of ether oxygens (including phenoxy) is 1. The summed E-state index contributed by atoms with van der Waals surface area (Å²) in [7, 11) is -2.50. The normalized spacial score (nSPS) is 11.4. The molecular weight excluding hydrogens is 234 g/mol. The molecule has 0 amide bonds. The van der Waals surface area contributed by atoms with Gasteiger partial charge in [-0.25, -0.2) is 18.4 Å². The van der Waals surface area contributed by atoms with Gasteiger partial charge >= 0.3 is 5.97 Å². The van der Waals surface area contributed by atoms with Crippen LogP contribution in [-0.2, 0) is 21.4 Å². The molecule has 1 aromatic rings. The van der Waals surface area contributed by atoms with Gasteiger partial charge in [-0.3, -0.25) is 0 Å². The number of hydrogen-bond donors (Lipinski definition) is 2. The Bertz CT molecular complexity index is 509. The SMILES string of the molecule is COCc1cc(C(=O)O)cc(S(N)(=O)=O)c1. The molecule has 0 saturated carbocycles. The van der Waals surface area contributed by atoms with Crippen LogP contribution in [0.25, 0.3) is 0 Å². The van der Waals surface area contributed by atoms with Crippen molar-refractivity contribution in [2.24, 2.45) is 5.14 Å². The number of carboxylic acids is 1. The highest BCUT2D eigenvalue weighted by Crippen LogP contribution is 2.15. The van der Waals surface area contributed by atoms with Gasteiger partial charge in [0, 0.05) is 7.11 Å². The molecule has 0 aromatic heterocycles. The van der Waals surface area contributed by atoms with E-state index in [0.717, 1.165) is 6.07 Å². The number of carbonyl (C=O) groups is 1. The van der Waals surface area contributed by atoms with Crippen molar-refractivity contribution in [2.45, 2.75) is 11.5 Å². The molecule has 0 aliphatic carbocycles. The number of carboxylic acid groups (broad SMARTS) is 1. The smallest absolute Gasteiger partial charge is 0.335 e. The second-order valence-electron chi connectivity index (χ2n) is 3.15. The Morgan fingerprint density at radius 3 is 2.50 bits per heavy atom. The predicted octanol–water partition coefficient (Wildman–Crippen LogP) is 0.179. The third-order valence-corrected chi connectivity index (χ3v) is 2.75. The Morgan fingerprint density at radius 1 is 1.44 bits per heavy atom. The number of benzene rings is 1. The van der Waals surface area contributed by atoms with Gasteiger partial charge in [0.05, 0.1) is 17.1 Å². The highest BCUT2D eigenvalue weighted by molar-refractivity contribution is 7.89. The first-order valence-corrected chi connectivity index (χ1v) is 5.78. The number of sulfonamides is 1. The fourth-order valence-corrected chi connectivity index (χ4v) is 1.81. The minimum absolute atomic E-state index is 0.115. The topological polar surface area (TPSA) is 107 Å². The van der Waals surface area contributed by atoms with Crippen molar-refractivity contribution in [1.29, 1.82) is 0 Å².